The van der Waals surface area contributed by atoms with Crippen molar-refractivity contribution >= 4 is 34.6 Å². The van der Waals surface area contributed by atoms with Gasteiger partial charge in [0.15, 0.2) is 0 Å². The highest BCUT2D eigenvalue weighted by Crippen LogP contribution is 2.24. The summed E-state index contributed by atoms with van der Waals surface area (Å²) in [5, 5.41) is 7.91. The predicted molar refractivity (Wildman–Crippen MR) is 79.9 cm³/mol. The van der Waals surface area contributed by atoms with Crippen LogP contribution in [-0.2, 0) is 0 Å². The Morgan fingerprint density at radius 2 is 1.56 bits per heavy atom. The standard InChI is InChI=1S/C14H14Cl2N2/c15-11-6-7-13(16)14(10-11)18-9-8-17-12-4-2-1-3-5-12/h1-7,10,17-18H,8-9H2. The van der Waals surface area contributed by atoms with E-state index in [1.54, 1.807) is 12.1 Å². The molecule has 0 aromatic heterocycles. The zero-order valence-corrected chi connectivity index (χ0v) is 11.3. The predicted octanol–water partition coefficient (Wildman–Crippen LogP) is 4.52. The molecular weight excluding hydrogens is 267 g/mol. The molecule has 0 bridgehead atoms. The smallest absolute Gasteiger partial charge is 0.0638 e. The number of benzene rings is 2. The van der Waals surface area contributed by atoms with Crippen molar-refractivity contribution in [2.75, 3.05) is 23.7 Å². The van der Waals surface area contributed by atoms with E-state index in [0.717, 1.165) is 24.5 Å². The summed E-state index contributed by atoms with van der Waals surface area (Å²) in [6, 6.07) is 15.5. The Balaban J connectivity index is 1.80. The van der Waals surface area contributed by atoms with Crippen LogP contribution in [0.3, 0.4) is 0 Å². The first-order chi connectivity index (χ1) is 8.75. The van der Waals surface area contributed by atoms with Gasteiger partial charge in [-0.1, -0.05) is 41.4 Å². The quantitative estimate of drug-likeness (QED) is 0.787. The Hall–Kier alpha value is -1.38. The van der Waals surface area contributed by atoms with Gasteiger partial charge in [-0.3, -0.25) is 0 Å². The molecule has 0 atom stereocenters. The van der Waals surface area contributed by atoms with Crippen molar-refractivity contribution in [2.45, 2.75) is 0 Å². The molecule has 18 heavy (non-hydrogen) atoms. The van der Waals surface area contributed by atoms with E-state index in [9.17, 15) is 0 Å². The first kappa shape index (κ1) is 13.1. The van der Waals surface area contributed by atoms with Gasteiger partial charge in [-0.15, -0.1) is 0 Å². The van der Waals surface area contributed by atoms with E-state index in [1.165, 1.54) is 0 Å². The second kappa shape index (κ2) is 6.53. The highest BCUT2D eigenvalue weighted by molar-refractivity contribution is 6.35. The SMILES string of the molecule is Clc1ccc(Cl)c(NCCNc2ccccc2)c1. The molecule has 0 heterocycles. The van der Waals surface area contributed by atoms with Crippen molar-refractivity contribution in [1.29, 1.82) is 0 Å². The van der Waals surface area contributed by atoms with E-state index in [0.29, 0.717) is 10.0 Å². The van der Waals surface area contributed by atoms with Crippen LogP contribution in [0.2, 0.25) is 10.0 Å². The summed E-state index contributed by atoms with van der Waals surface area (Å²) in [6.45, 7) is 1.59. The summed E-state index contributed by atoms with van der Waals surface area (Å²) in [7, 11) is 0. The minimum Gasteiger partial charge on any atom is -0.383 e. The van der Waals surface area contributed by atoms with Gasteiger partial charge < -0.3 is 10.6 Å². The van der Waals surface area contributed by atoms with Crippen LogP contribution in [-0.4, -0.2) is 13.1 Å². The summed E-state index contributed by atoms with van der Waals surface area (Å²) in [6.07, 6.45) is 0. The summed E-state index contributed by atoms with van der Waals surface area (Å²) >= 11 is 12.0. The number of hydrogen-bond donors (Lipinski definition) is 2. The Labute approximate surface area is 117 Å². The molecule has 0 aliphatic heterocycles. The maximum atomic E-state index is 6.05. The second-order valence-electron chi connectivity index (χ2n) is 3.84. The van der Waals surface area contributed by atoms with E-state index in [2.05, 4.69) is 10.6 Å². The molecule has 94 valence electrons. The third-order valence-corrected chi connectivity index (χ3v) is 3.04. The maximum Gasteiger partial charge on any atom is 0.0638 e. The zero-order chi connectivity index (χ0) is 12.8. The minimum atomic E-state index is 0.679. The highest BCUT2D eigenvalue weighted by atomic mass is 35.5. The molecule has 4 heteroatoms. The number of halogens is 2. The third kappa shape index (κ3) is 3.83. The fraction of sp³-hybridized carbons (Fsp3) is 0.143. The van der Waals surface area contributed by atoms with Crippen LogP contribution in [0.4, 0.5) is 11.4 Å². The van der Waals surface area contributed by atoms with Gasteiger partial charge in [0.2, 0.25) is 0 Å². The van der Waals surface area contributed by atoms with Crippen LogP contribution >= 0.6 is 23.2 Å². The van der Waals surface area contributed by atoms with Crippen molar-refractivity contribution in [3.05, 3.63) is 58.6 Å². The molecule has 0 saturated heterocycles. The highest BCUT2D eigenvalue weighted by Gasteiger charge is 1.99. The molecule has 0 aliphatic carbocycles. The number of anilines is 2. The minimum absolute atomic E-state index is 0.679. The Kier molecular flexibility index (Phi) is 4.73. The lowest BCUT2D eigenvalue weighted by Crippen LogP contribution is -2.13. The van der Waals surface area contributed by atoms with Gasteiger partial charge in [0, 0.05) is 23.8 Å². The van der Waals surface area contributed by atoms with Gasteiger partial charge >= 0.3 is 0 Å². The number of rotatable bonds is 5. The van der Waals surface area contributed by atoms with Crippen LogP contribution in [0.15, 0.2) is 48.5 Å². The van der Waals surface area contributed by atoms with Gasteiger partial charge in [-0.2, -0.15) is 0 Å². The summed E-state index contributed by atoms with van der Waals surface area (Å²) in [5.74, 6) is 0. The first-order valence-electron chi connectivity index (χ1n) is 5.73. The molecular formula is C14H14Cl2N2. The normalized spacial score (nSPS) is 10.1. The topological polar surface area (TPSA) is 24.1 Å². The molecule has 2 aromatic rings. The van der Waals surface area contributed by atoms with Gasteiger partial charge in [0.1, 0.15) is 0 Å². The van der Waals surface area contributed by atoms with E-state index < -0.39 is 0 Å². The molecule has 0 spiro atoms. The number of hydrogen-bond acceptors (Lipinski definition) is 2. The van der Waals surface area contributed by atoms with Crippen molar-refractivity contribution in [3.63, 3.8) is 0 Å². The van der Waals surface area contributed by atoms with E-state index in [1.807, 2.05) is 36.4 Å². The third-order valence-electron chi connectivity index (χ3n) is 2.47. The molecule has 0 aliphatic rings. The fourth-order valence-corrected chi connectivity index (χ4v) is 1.95. The lowest BCUT2D eigenvalue weighted by molar-refractivity contribution is 1.08. The Morgan fingerprint density at radius 1 is 0.833 bits per heavy atom. The van der Waals surface area contributed by atoms with Gasteiger partial charge in [-0.05, 0) is 30.3 Å². The molecule has 0 fully saturated rings. The molecule has 2 N–H and O–H groups in total. The van der Waals surface area contributed by atoms with Gasteiger partial charge in [0.05, 0.1) is 10.7 Å². The van der Waals surface area contributed by atoms with Gasteiger partial charge in [-0.25, -0.2) is 0 Å². The molecule has 2 nitrogen and oxygen atoms in total. The Bertz CT molecular complexity index is 500. The van der Waals surface area contributed by atoms with E-state index in [-0.39, 0.29) is 0 Å². The van der Waals surface area contributed by atoms with Crippen molar-refractivity contribution in [3.8, 4) is 0 Å². The van der Waals surface area contributed by atoms with Gasteiger partial charge in [0.25, 0.3) is 0 Å². The molecule has 0 unspecified atom stereocenters. The molecule has 2 aromatic carbocycles. The average Bonchev–Trinajstić information content (AvgIpc) is 2.40. The van der Waals surface area contributed by atoms with Crippen molar-refractivity contribution in [1.82, 2.24) is 0 Å². The second-order valence-corrected chi connectivity index (χ2v) is 4.69. The zero-order valence-electron chi connectivity index (χ0n) is 9.79. The van der Waals surface area contributed by atoms with Crippen molar-refractivity contribution in [2.24, 2.45) is 0 Å². The van der Waals surface area contributed by atoms with E-state index in [4.69, 9.17) is 23.2 Å². The number of para-hydroxylation sites is 1. The molecule has 0 saturated carbocycles. The van der Waals surface area contributed by atoms with Crippen LogP contribution in [0.25, 0.3) is 0 Å². The maximum absolute atomic E-state index is 6.05. The van der Waals surface area contributed by atoms with Crippen LogP contribution in [0.5, 0.6) is 0 Å². The average molecular weight is 281 g/mol. The number of nitrogens with one attached hydrogen (secondary N) is 2. The van der Waals surface area contributed by atoms with E-state index >= 15 is 0 Å². The fourth-order valence-electron chi connectivity index (χ4n) is 1.59. The Morgan fingerprint density at radius 3 is 2.33 bits per heavy atom. The molecule has 2 rings (SSSR count). The lowest BCUT2D eigenvalue weighted by atomic mass is 10.3. The van der Waals surface area contributed by atoms with Crippen LogP contribution in [0, 0.1) is 0 Å². The first-order valence-corrected chi connectivity index (χ1v) is 6.49. The molecule has 0 radical (unpaired) electrons. The van der Waals surface area contributed by atoms with Crippen molar-refractivity contribution < 1.29 is 0 Å². The summed E-state index contributed by atoms with van der Waals surface area (Å²) < 4.78 is 0. The van der Waals surface area contributed by atoms with Crippen LogP contribution < -0.4 is 10.6 Å². The molecule has 0 amide bonds. The van der Waals surface area contributed by atoms with Crippen LogP contribution in [0.1, 0.15) is 0 Å². The summed E-state index contributed by atoms with van der Waals surface area (Å²) in [5.41, 5.74) is 1.97. The summed E-state index contributed by atoms with van der Waals surface area (Å²) in [4.78, 5) is 0. The monoisotopic (exact) mass is 280 g/mol. The largest absolute Gasteiger partial charge is 0.383 e. The lowest BCUT2D eigenvalue weighted by Gasteiger charge is -2.10.